The Kier molecular flexibility index (Phi) is 4.16. The average Bonchev–Trinajstić information content (AvgIpc) is 2.37. The van der Waals surface area contributed by atoms with Crippen molar-refractivity contribution in [2.24, 2.45) is 5.92 Å². The highest BCUT2D eigenvalue weighted by Crippen LogP contribution is 2.35. The van der Waals surface area contributed by atoms with Crippen LogP contribution in [0.1, 0.15) is 50.5 Å². The van der Waals surface area contributed by atoms with Gasteiger partial charge in [0, 0.05) is 12.6 Å². The highest BCUT2D eigenvalue weighted by Gasteiger charge is 2.43. The van der Waals surface area contributed by atoms with E-state index in [1.807, 2.05) is 4.90 Å². The summed E-state index contributed by atoms with van der Waals surface area (Å²) in [7, 11) is 0. The van der Waals surface area contributed by atoms with Crippen molar-refractivity contribution in [2.75, 3.05) is 11.4 Å². The number of carbonyl (C=O) groups is 2. The van der Waals surface area contributed by atoms with Gasteiger partial charge in [-0.1, -0.05) is 0 Å². The molecule has 1 fully saturated rings. The maximum Gasteiger partial charge on any atom is 0.319 e. The molecular weight excluding hydrogens is 362 g/mol. The van der Waals surface area contributed by atoms with E-state index in [0.717, 1.165) is 19.3 Å². The summed E-state index contributed by atoms with van der Waals surface area (Å²) in [5.74, 6) is -1.05. The number of hydrogen-bond donors (Lipinski definition) is 0. The van der Waals surface area contributed by atoms with E-state index in [2.05, 4.69) is 25.9 Å². The Bertz CT molecular complexity index is 652. The van der Waals surface area contributed by atoms with Crippen molar-refractivity contribution in [3.8, 4) is 0 Å². The Morgan fingerprint density at radius 3 is 2.65 bits per heavy atom. The number of aromatic nitrogens is 2. The minimum atomic E-state index is -0.842. The molecule has 1 atom stereocenters. The molecule has 1 aliphatic heterocycles. The van der Waals surface area contributed by atoms with Gasteiger partial charge in [-0.3, -0.25) is 9.59 Å². The maximum absolute atomic E-state index is 12.7. The predicted octanol–water partition coefficient (Wildman–Crippen LogP) is 2.75. The Morgan fingerprint density at radius 1 is 1.39 bits per heavy atom. The summed E-state index contributed by atoms with van der Waals surface area (Å²) in [6.45, 7) is 5.71. The van der Waals surface area contributed by atoms with Crippen LogP contribution >= 0.6 is 15.9 Å². The third-order valence-corrected chi connectivity index (χ3v) is 4.51. The van der Waals surface area contributed by atoms with Gasteiger partial charge in [0.2, 0.25) is 5.78 Å². The third kappa shape index (κ3) is 3.24. The van der Waals surface area contributed by atoms with Crippen molar-refractivity contribution >= 4 is 33.5 Å². The number of rotatable bonds is 2. The Morgan fingerprint density at radius 2 is 2.09 bits per heavy atom. The summed E-state index contributed by atoms with van der Waals surface area (Å²) in [6, 6.07) is 0.322. The number of anilines is 1. The lowest BCUT2D eigenvalue weighted by molar-refractivity contribution is -0.157. The van der Waals surface area contributed by atoms with Crippen molar-refractivity contribution in [1.82, 2.24) is 9.97 Å². The fourth-order valence-electron chi connectivity index (χ4n) is 2.84. The van der Waals surface area contributed by atoms with Gasteiger partial charge in [0.1, 0.15) is 16.1 Å². The molecule has 1 aromatic rings. The number of fused-ring (bicyclic) bond motifs is 1. The number of Topliss-reactive ketones (excluding diaryl/α,β-unsaturated/α-hetero) is 1. The molecular formula is C16H20BrN3O3. The molecule has 23 heavy (non-hydrogen) atoms. The van der Waals surface area contributed by atoms with Crippen LogP contribution in [0.3, 0.4) is 0 Å². The standard InChI is InChI=1S/C16H20BrN3O3/c1-16(2,3)23-15(22)10-8-20(9-5-4-6-9)14-12(13(10)21)19-11(17)7-18-14/h7,9-10H,4-6,8H2,1-3H3. The van der Waals surface area contributed by atoms with E-state index in [1.165, 1.54) is 0 Å². The summed E-state index contributed by atoms with van der Waals surface area (Å²) >= 11 is 3.25. The van der Waals surface area contributed by atoms with Crippen molar-refractivity contribution in [3.63, 3.8) is 0 Å². The van der Waals surface area contributed by atoms with E-state index >= 15 is 0 Å². The number of ketones is 1. The highest BCUT2D eigenvalue weighted by atomic mass is 79.9. The van der Waals surface area contributed by atoms with Gasteiger partial charge in [0.05, 0.1) is 6.20 Å². The monoisotopic (exact) mass is 381 g/mol. The van der Waals surface area contributed by atoms with Crippen molar-refractivity contribution in [2.45, 2.75) is 51.7 Å². The van der Waals surface area contributed by atoms with Crippen molar-refractivity contribution in [1.29, 1.82) is 0 Å². The molecule has 0 aromatic carbocycles. The van der Waals surface area contributed by atoms with Gasteiger partial charge >= 0.3 is 5.97 Å². The van der Waals surface area contributed by atoms with Gasteiger partial charge in [0.25, 0.3) is 0 Å². The molecule has 6 nitrogen and oxygen atoms in total. The van der Waals surface area contributed by atoms with Crippen LogP contribution in [0, 0.1) is 5.92 Å². The topological polar surface area (TPSA) is 72.4 Å². The zero-order valence-electron chi connectivity index (χ0n) is 13.5. The minimum absolute atomic E-state index is 0.258. The molecule has 3 rings (SSSR count). The lowest BCUT2D eigenvalue weighted by atomic mass is 9.87. The molecule has 0 radical (unpaired) electrons. The first kappa shape index (κ1) is 16.4. The lowest BCUT2D eigenvalue weighted by Gasteiger charge is -2.42. The smallest absolute Gasteiger partial charge is 0.319 e. The van der Waals surface area contributed by atoms with E-state index in [-0.39, 0.29) is 11.5 Å². The number of halogens is 1. The molecule has 0 spiro atoms. The van der Waals surface area contributed by atoms with E-state index in [9.17, 15) is 9.59 Å². The fraction of sp³-hybridized carbons (Fsp3) is 0.625. The Balaban J connectivity index is 1.94. The first-order valence-corrected chi connectivity index (χ1v) is 8.62. The largest absolute Gasteiger partial charge is 0.459 e. The molecule has 1 unspecified atom stereocenters. The zero-order valence-corrected chi connectivity index (χ0v) is 15.1. The third-order valence-electron chi connectivity index (χ3n) is 4.13. The molecule has 2 heterocycles. The normalized spacial score (nSPS) is 21.7. The van der Waals surface area contributed by atoms with E-state index in [4.69, 9.17) is 4.74 Å². The Hall–Kier alpha value is -1.50. The fourth-order valence-corrected chi connectivity index (χ4v) is 3.12. The van der Waals surface area contributed by atoms with Crippen LogP contribution in [0.25, 0.3) is 0 Å². The van der Waals surface area contributed by atoms with Gasteiger partial charge in [-0.05, 0) is 56.0 Å². The van der Waals surface area contributed by atoms with Crippen LogP contribution in [0.5, 0.6) is 0 Å². The number of carbonyl (C=O) groups excluding carboxylic acids is 2. The van der Waals surface area contributed by atoms with Crippen LogP contribution in [0.4, 0.5) is 5.82 Å². The average molecular weight is 382 g/mol. The molecule has 0 N–H and O–H groups in total. The SMILES string of the molecule is CC(C)(C)OC(=O)C1CN(C2CCC2)c2ncc(Br)nc2C1=O. The van der Waals surface area contributed by atoms with E-state index < -0.39 is 17.5 Å². The second kappa shape index (κ2) is 5.85. The van der Waals surface area contributed by atoms with Gasteiger partial charge < -0.3 is 9.64 Å². The zero-order chi connectivity index (χ0) is 16.8. The second-order valence-corrected chi connectivity index (χ2v) is 7.86. The van der Waals surface area contributed by atoms with Crippen molar-refractivity contribution in [3.05, 3.63) is 16.5 Å². The molecule has 1 aliphatic carbocycles. The number of hydrogen-bond acceptors (Lipinski definition) is 6. The summed E-state index contributed by atoms with van der Waals surface area (Å²) < 4.78 is 5.92. The van der Waals surface area contributed by atoms with E-state index in [0.29, 0.717) is 23.0 Å². The molecule has 7 heteroatoms. The number of esters is 1. The molecule has 124 valence electrons. The molecule has 0 amide bonds. The van der Waals surface area contributed by atoms with Crippen LogP contribution in [-0.4, -0.2) is 39.9 Å². The van der Waals surface area contributed by atoms with E-state index in [1.54, 1.807) is 27.0 Å². The summed E-state index contributed by atoms with van der Waals surface area (Å²) in [4.78, 5) is 35.9. The van der Waals surface area contributed by atoms with Crippen molar-refractivity contribution < 1.29 is 14.3 Å². The van der Waals surface area contributed by atoms with Gasteiger partial charge in [-0.15, -0.1) is 0 Å². The lowest BCUT2D eigenvalue weighted by Crippen LogP contribution is -2.51. The van der Waals surface area contributed by atoms with Crippen LogP contribution in [0.2, 0.25) is 0 Å². The summed E-state index contributed by atoms with van der Waals surface area (Å²) in [5, 5.41) is 0. The van der Waals surface area contributed by atoms with Crippen LogP contribution < -0.4 is 4.90 Å². The molecule has 2 aliphatic rings. The summed E-state index contributed by atoms with van der Waals surface area (Å²) in [5.41, 5.74) is -0.365. The second-order valence-electron chi connectivity index (χ2n) is 7.05. The minimum Gasteiger partial charge on any atom is -0.459 e. The molecule has 0 saturated heterocycles. The van der Waals surface area contributed by atoms with Gasteiger partial charge in [-0.25, -0.2) is 9.97 Å². The first-order valence-electron chi connectivity index (χ1n) is 7.82. The van der Waals surface area contributed by atoms with Crippen LogP contribution in [-0.2, 0) is 9.53 Å². The molecule has 0 bridgehead atoms. The molecule has 1 aromatic heterocycles. The van der Waals surface area contributed by atoms with Gasteiger partial charge in [0.15, 0.2) is 11.5 Å². The summed E-state index contributed by atoms with van der Waals surface area (Å²) in [6.07, 6.45) is 4.84. The van der Waals surface area contributed by atoms with Crippen LogP contribution in [0.15, 0.2) is 10.8 Å². The molecule has 1 saturated carbocycles. The van der Waals surface area contributed by atoms with Gasteiger partial charge in [-0.2, -0.15) is 0 Å². The predicted molar refractivity (Wildman–Crippen MR) is 88.4 cm³/mol. The first-order chi connectivity index (χ1) is 10.8. The maximum atomic E-state index is 12.7. The number of nitrogens with zero attached hydrogens (tertiary/aromatic N) is 3. The highest BCUT2D eigenvalue weighted by molar-refractivity contribution is 9.10. The Labute approximate surface area is 143 Å². The number of ether oxygens (including phenoxy) is 1. The quantitative estimate of drug-likeness (QED) is 0.579.